The lowest BCUT2D eigenvalue weighted by molar-refractivity contribution is 0.100. The number of hydrogen-bond acceptors (Lipinski definition) is 3. The third-order valence-electron chi connectivity index (χ3n) is 2.54. The number of carbonyl (C=O) groups excluding carboxylic acids is 1. The standard InChI is InChI=1S/C13H21N3O/c1-8(2)6-9(3)16-12-5-4-10(14)7-11(12)13(15)17/h4-5,7-9,16H,6,14H2,1-3H3,(H2,15,17). The van der Waals surface area contributed by atoms with E-state index in [1.54, 1.807) is 18.2 Å². The highest BCUT2D eigenvalue weighted by Crippen LogP contribution is 2.20. The molecule has 1 amide bonds. The number of benzene rings is 1. The number of amides is 1. The van der Waals surface area contributed by atoms with Gasteiger partial charge in [0.15, 0.2) is 0 Å². The van der Waals surface area contributed by atoms with E-state index in [1.165, 1.54) is 0 Å². The van der Waals surface area contributed by atoms with Gasteiger partial charge in [0.05, 0.1) is 5.56 Å². The van der Waals surface area contributed by atoms with E-state index in [0.29, 0.717) is 17.2 Å². The largest absolute Gasteiger partial charge is 0.399 e. The molecule has 0 heterocycles. The normalized spacial score (nSPS) is 12.5. The molecule has 1 atom stereocenters. The van der Waals surface area contributed by atoms with Gasteiger partial charge >= 0.3 is 0 Å². The van der Waals surface area contributed by atoms with Crippen LogP contribution < -0.4 is 16.8 Å². The van der Waals surface area contributed by atoms with Crippen molar-refractivity contribution in [2.75, 3.05) is 11.1 Å². The molecule has 0 aliphatic rings. The fourth-order valence-electron chi connectivity index (χ4n) is 1.92. The molecule has 0 radical (unpaired) electrons. The number of hydrogen-bond donors (Lipinski definition) is 3. The van der Waals surface area contributed by atoms with Crippen LogP contribution in [0.2, 0.25) is 0 Å². The van der Waals surface area contributed by atoms with Gasteiger partial charge < -0.3 is 16.8 Å². The summed E-state index contributed by atoms with van der Waals surface area (Å²) in [5, 5.41) is 3.29. The van der Waals surface area contributed by atoms with E-state index >= 15 is 0 Å². The van der Waals surface area contributed by atoms with Crippen LogP contribution >= 0.6 is 0 Å². The molecule has 17 heavy (non-hydrogen) atoms. The molecule has 94 valence electrons. The summed E-state index contributed by atoms with van der Waals surface area (Å²) >= 11 is 0. The smallest absolute Gasteiger partial charge is 0.250 e. The lowest BCUT2D eigenvalue weighted by Crippen LogP contribution is -2.21. The molecule has 0 saturated carbocycles. The van der Waals surface area contributed by atoms with E-state index in [4.69, 9.17) is 11.5 Å². The number of primary amides is 1. The maximum atomic E-state index is 11.3. The van der Waals surface area contributed by atoms with Crippen molar-refractivity contribution in [2.45, 2.75) is 33.2 Å². The van der Waals surface area contributed by atoms with Gasteiger partial charge in [0.2, 0.25) is 0 Å². The average Bonchev–Trinajstić information content (AvgIpc) is 2.19. The number of carbonyl (C=O) groups is 1. The van der Waals surface area contributed by atoms with E-state index < -0.39 is 5.91 Å². The van der Waals surface area contributed by atoms with E-state index in [2.05, 4.69) is 26.1 Å². The van der Waals surface area contributed by atoms with Gasteiger partial charge in [0.1, 0.15) is 0 Å². The minimum absolute atomic E-state index is 0.289. The van der Waals surface area contributed by atoms with Crippen molar-refractivity contribution in [3.63, 3.8) is 0 Å². The Morgan fingerprint density at radius 3 is 2.53 bits per heavy atom. The fourth-order valence-corrected chi connectivity index (χ4v) is 1.92. The molecular formula is C13H21N3O. The predicted molar refractivity (Wildman–Crippen MR) is 71.9 cm³/mol. The summed E-state index contributed by atoms with van der Waals surface area (Å²) in [5.41, 5.74) is 12.7. The summed E-state index contributed by atoms with van der Waals surface area (Å²) in [6.45, 7) is 6.41. The highest BCUT2D eigenvalue weighted by Gasteiger charge is 2.11. The third kappa shape index (κ3) is 3.98. The third-order valence-corrected chi connectivity index (χ3v) is 2.54. The van der Waals surface area contributed by atoms with Gasteiger partial charge in [0.25, 0.3) is 5.91 Å². The molecule has 1 unspecified atom stereocenters. The first-order valence-electron chi connectivity index (χ1n) is 5.86. The number of nitrogen functional groups attached to an aromatic ring is 1. The van der Waals surface area contributed by atoms with Crippen LogP contribution in [-0.4, -0.2) is 11.9 Å². The van der Waals surface area contributed by atoms with Crippen LogP contribution in [0.1, 0.15) is 37.6 Å². The molecule has 0 aromatic heterocycles. The van der Waals surface area contributed by atoms with Crippen LogP contribution in [-0.2, 0) is 0 Å². The van der Waals surface area contributed by atoms with Gasteiger partial charge in [-0.2, -0.15) is 0 Å². The second-order valence-electron chi connectivity index (χ2n) is 4.84. The van der Waals surface area contributed by atoms with Crippen molar-refractivity contribution in [1.29, 1.82) is 0 Å². The molecule has 5 N–H and O–H groups in total. The molecular weight excluding hydrogens is 214 g/mol. The Kier molecular flexibility index (Phi) is 4.37. The Bertz CT molecular complexity index is 402. The summed E-state index contributed by atoms with van der Waals surface area (Å²) in [6.07, 6.45) is 1.03. The maximum Gasteiger partial charge on any atom is 0.250 e. The molecule has 0 spiro atoms. The number of anilines is 2. The average molecular weight is 235 g/mol. The molecule has 1 aromatic rings. The molecule has 0 aliphatic heterocycles. The molecule has 1 aromatic carbocycles. The molecule has 0 aliphatic carbocycles. The Labute approximate surface area is 102 Å². The Balaban J connectivity index is 2.86. The Morgan fingerprint density at radius 2 is 2.00 bits per heavy atom. The van der Waals surface area contributed by atoms with Gasteiger partial charge in [-0.3, -0.25) is 4.79 Å². The summed E-state index contributed by atoms with van der Waals surface area (Å²) in [7, 11) is 0. The van der Waals surface area contributed by atoms with Crippen LogP contribution in [0, 0.1) is 5.92 Å². The molecule has 0 fully saturated rings. The zero-order valence-electron chi connectivity index (χ0n) is 10.7. The van der Waals surface area contributed by atoms with Crippen molar-refractivity contribution < 1.29 is 4.79 Å². The van der Waals surface area contributed by atoms with Gasteiger partial charge in [-0.15, -0.1) is 0 Å². The maximum absolute atomic E-state index is 11.3. The van der Waals surface area contributed by atoms with E-state index in [1.807, 2.05) is 0 Å². The SMILES string of the molecule is CC(C)CC(C)Nc1ccc(N)cc1C(N)=O. The number of nitrogens with two attached hydrogens (primary N) is 2. The minimum Gasteiger partial charge on any atom is -0.399 e. The van der Waals surface area contributed by atoms with Crippen molar-refractivity contribution in [1.82, 2.24) is 0 Å². The Morgan fingerprint density at radius 1 is 1.35 bits per heavy atom. The molecule has 0 saturated heterocycles. The second-order valence-corrected chi connectivity index (χ2v) is 4.84. The monoisotopic (exact) mass is 235 g/mol. The first-order valence-corrected chi connectivity index (χ1v) is 5.86. The van der Waals surface area contributed by atoms with Gasteiger partial charge in [-0.05, 0) is 37.5 Å². The van der Waals surface area contributed by atoms with Crippen LogP contribution in [0.3, 0.4) is 0 Å². The fraction of sp³-hybridized carbons (Fsp3) is 0.462. The Hall–Kier alpha value is -1.71. The molecule has 1 rings (SSSR count). The van der Waals surface area contributed by atoms with E-state index in [0.717, 1.165) is 12.1 Å². The lowest BCUT2D eigenvalue weighted by atomic mass is 10.0. The quantitative estimate of drug-likeness (QED) is 0.684. The number of nitrogens with one attached hydrogen (secondary N) is 1. The first kappa shape index (κ1) is 13.4. The van der Waals surface area contributed by atoms with Gasteiger partial charge in [0, 0.05) is 17.4 Å². The highest BCUT2D eigenvalue weighted by molar-refractivity contribution is 5.99. The molecule has 0 bridgehead atoms. The highest BCUT2D eigenvalue weighted by atomic mass is 16.1. The van der Waals surface area contributed by atoms with Crippen LogP contribution in [0.15, 0.2) is 18.2 Å². The molecule has 4 nitrogen and oxygen atoms in total. The van der Waals surface area contributed by atoms with Gasteiger partial charge in [-0.1, -0.05) is 13.8 Å². The summed E-state index contributed by atoms with van der Waals surface area (Å²) < 4.78 is 0. The van der Waals surface area contributed by atoms with E-state index in [-0.39, 0.29) is 6.04 Å². The summed E-state index contributed by atoms with van der Waals surface area (Å²) in [6, 6.07) is 5.45. The van der Waals surface area contributed by atoms with Crippen LogP contribution in [0.5, 0.6) is 0 Å². The summed E-state index contributed by atoms with van der Waals surface area (Å²) in [5.74, 6) is 0.139. The minimum atomic E-state index is -0.462. The van der Waals surface area contributed by atoms with Crippen LogP contribution in [0.4, 0.5) is 11.4 Å². The van der Waals surface area contributed by atoms with Crippen molar-refractivity contribution in [3.05, 3.63) is 23.8 Å². The second kappa shape index (κ2) is 5.57. The zero-order valence-corrected chi connectivity index (χ0v) is 10.7. The zero-order chi connectivity index (χ0) is 13.0. The van der Waals surface area contributed by atoms with Crippen molar-refractivity contribution in [2.24, 2.45) is 11.7 Å². The van der Waals surface area contributed by atoms with Gasteiger partial charge in [-0.25, -0.2) is 0 Å². The van der Waals surface area contributed by atoms with Crippen molar-refractivity contribution in [3.8, 4) is 0 Å². The lowest BCUT2D eigenvalue weighted by Gasteiger charge is -2.19. The summed E-state index contributed by atoms with van der Waals surface area (Å²) in [4.78, 5) is 11.3. The van der Waals surface area contributed by atoms with Crippen LogP contribution in [0.25, 0.3) is 0 Å². The topological polar surface area (TPSA) is 81.1 Å². The predicted octanol–water partition coefficient (Wildman–Crippen LogP) is 2.21. The van der Waals surface area contributed by atoms with Crippen molar-refractivity contribution >= 4 is 17.3 Å². The number of rotatable bonds is 5. The molecule has 4 heteroatoms. The van der Waals surface area contributed by atoms with E-state index in [9.17, 15) is 4.79 Å². The first-order chi connectivity index (χ1) is 7.90.